The van der Waals surface area contributed by atoms with E-state index in [0.717, 1.165) is 59.2 Å². The number of piperidine rings is 1. The number of nitrogens with zero attached hydrogens (tertiary/aromatic N) is 6. The second kappa shape index (κ2) is 7.40. The normalized spacial score (nSPS) is 17.1. The van der Waals surface area contributed by atoms with E-state index >= 15 is 0 Å². The van der Waals surface area contributed by atoms with Gasteiger partial charge in [0, 0.05) is 37.5 Å². The fourth-order valence-electron chi connectivity index (χ4n) is 3.70. The molecule has 0 radical (unpaired) electrons. The van der Waals surface area contributed by atoms with Crippen molar-refractivity contribution in [1.82, 2.24) is 33.8 Å². The number of fused-ring (bicyclic) bond motifs is 1. The van der Waals surface area contributed by atoms with Gasteiger partial charge in [0.1, 0.15) is 5.00 Å². The first-order chi connectivity index (χ1) is 14.1. The second-order valence-corrected chi connectivity index (χ2v) is 8.48. The smallest absolute Gasteiger partial charge is 0.180 e. The average Bonchev–Trinajstić information content (AvgIpc) is 3.43. The fourth-order valence-corrected chi connectivity index (χ4v) is 4.64. The average molecular weight is 429 g/mol. The maximum absolute atomic E-state index is 6.41. The van der Waals surface area contributed by atoms with Crippen molar-refractivity contribution in [1.29, 1.82) is 0 Å². The van der Waals surface area contributed by atoms with Gasteiger partial charge in [-0.1, -0.05) is 11.6 Å². The van der Waals surface area contributed by atoms with E-state index < -0.39 is 0 Å². The van der Waals surface area contributed by atoms with Crippen LogP contribution in [-0.4, -0.2) is 41.6 Å². The molecule has 1 unspecified atom stereocenters. The van der Waals surface area contributed by atoms with Gasteiger partial charge in [-0.3, -0.25) is 9.08 Å². The number of anilines is 2. The molecule has 0 saturated carbocycles. The number of halogens is 1. The summed E-state index contributed by atoms with van der Waals surface area (Å²) >= 11 is 7.74. The first-order valence-corrected chi connectivity index (χ1v) is 10.7. The molecule has 5 rings (SSSR count). The van der Waals surface area contributed by atoms with Gasteiger partial charge in [-0.05, 0) is 37.8 Å². The van der Waals surface area contributed by atoms with E-state index in [2.05, 4.69) is 35.7 Å². The summed E-state index contributed by atoms with van der Waals surface area (Å²) in [7, 11) is 1.91. The maximum atomic E-state index is 6.41. The van der Waals surface area contributed by atoms with Crippen LogP contribution in [-0.2, 0) is 7.05 Å². The predicted octanol–water partition coefficient (Wildman–Crippen LogP) is 3.76. The van der Waals surface area contributed by atoms with Crippen LogP contribution in [0.5, 0.6) is 0 Å². The van der Waals surface area contributed by atoms with E-state index in [1.165, 1.54) is 11.5 Å². The van der Waals surface area contributed by atoms with Crippen molar-refractivity contribution >= 4 is 39.6 Å². The number of aromatic nitrogens is 6. The summed E-state index contributed by atoms with van der Waals surface area (Å²) in [4.78, 5) is 9.60. The minimum atomic E-state index is 0.358. The highest BCUT2D eigenvalue weighted by molar-refractivity contribution is 7.11. The third-order valence-electron chi connectivity index (χ3n) is 5.25. The van der Waals surface area contributed by atoms with Crippen LogP contribution in [0, 0.1) is 6.92 Å². The summed E-state index contributed by atoms with van der Waals surface area (Å²) in [5, 5.41) is 12.6. The Hall–Kier alpha value is -2.49. The predicted molar refractivity (Wildman–Crippen MR) is 115 cm³/mol. The van der Waals surface area contributed by atoms with Crippen LogP contribution in [0.25, 0.3) is 16.9 Å². The molecule has 1 aliphatic rings. The zero-order chi connectivity index (χ0) is 20.0. The van der Waals surface area contributed by atoms with Gasteiger partial charge in [-0.2, -0.15) is 9.47 Å². The molecule has 8 nitrogen and oxygen atoms in total. The number of rotatable bonds is 4. The molecule has 5 heterocycles. The number of hydrogen-bond acceptors (Lipinski definition) is 7. The molecule has 1 aliphatic heterocycles. The first-order valence-electron chi connectivity index (χ1n) is 9.56. The van der Waals surface area contributed by atoms with Gasteiger partial charge in [0.15, 0.2) is 11.5 Å². The molecule has 0 aromatic carbocycles. The number of imidazole rings is 1. The summed E-state index contributed by atoms with van der Waals surface area (Å²) < 4.78 is 8.22. The molecule has 0 aliphatic carbocycles. The summed E-state index contributed by atoms with van der Waals surface area (Å²) in [6.45, 7) is 3.88. The van der Waals surface area contributed by atoms with Crippen molar-refractivity contribution in [2.45, 2.75) is 25.7 Å². The van der Waals surface area contributed by atoms with E-state index in [1.54, 1.807) is 4.68 Å². The Bertz CT molecular complexity index is 1170. The molecule has 0 bridgehead atoms. The monoisotopic (exact) mass is 428 g/mol. The third-order valence-corrected chi connectivity index (χ3v) is 6.68. The Morgan fingerprint density at radius 2 is 2.21 bits per heavy atom. The lowest BCUT2D eigenvalue weighted by atomic mass is 9.96. The highest BCUT2D eigenvalue weighted by Gasteiger charge is 2.22. The molecule has 4 aromatic rings. The summed E-state index contributed by atoms with van der Waals surface area (Å²) in [6, 6.07) is 0. The van der Waals surface area contributed by atoms with E-state index in [-0.39, 0.29) is 0 Å². The quantitative estimate of drug-likeness (QED) is 0.514. The lowest BCUT2D eigenvalue weighted by molar-refractivity contribution is 0.454. The standard InChI is InChI=1S/C19H21ClN8S/c1-11-16(20)19(29-26-11)25-17-18-22-8-15(13-7-23-27(2)9-13)28(18)10-14(24-17)12-4-3-5-21-6-12/h7-10,12,21H,3-6H2,1-2H3,(H,24,25). The molecule has 1 fully saturated rings. The Morgan fingerprint density at radius 3 is 2.90 bits per heavy atom. The number of nitrogens with one attached hydrogen (secondary N) is 2. The molecule has 2 N–H and O–H groups in total. The molecule has 4 aromatic heterocycles. The largest absolute Gasteiger partial charge is 0.326 e. The van der Waals surface area contributed by atoms with E-state index in [4.69, 9.17) is 16.6 Å². The van der Waals surface area contributed by atoms with Gasteiger partial charge in [0.25, 0.3) is 0 Å². The molecular formula is C19H21ClN8S. The van der Waals surface area contributed by atoms with Crippen molar-refractivity contribution in [2.75, 3.05) is 18.4 Å². The van der Waals surface area contributed by atoms with Crippen molar-refractivity contribution < 1.29 is 0 Å². The third kappa shape index (κ3) is 3.39. The van der Waals surface area contributed by atoms with Crippen molar-refractivity contribution in [3.63, 3.8) is 0 Å². The Labute approximate surface area is 177 Å². The molecule has 150 valence electrons. The summed E-state index contributed by atoms with van der Waals surface area (Å²) in [5.41, 5.74) is 4.58. The lowest BCUT2D eigenvalue weighted by Gasteiger charge is -2.23. The molecule has 10 heteroatoms. The molecule has 0 spiro atoms. The zero-order valence-electron chi connectivity index (χ0n) is 16.2. The van der Waals surface area contributed by atoms with E-state index in [0.29, 0.717) is 16.8 Å². The van der Waals surface area contributed by atoms with Gasteiger partial charge in [0.05, 0.1) is 34.5 Å². The fraction of sp³-hybridized carbons (Fsp3) is 0.368. The Balaban J connectivity index is 1.65. The SMILES string of the molecule is Cc1nsc(Nc2nc(C3CCCNC3)cn3c(-c4cnn(C)c4)cnc23)c1Cl. The lowest BCUT2D eigenvalue weighted by Crippen LogP contribution is -2.29. The number of hydrogen-bond donors (Lipinski definition) is 2. The van der Waals surface area contributed by atoms with E-state index in [9.17, 15) is 0 Å². The molecule has 1 saturated heterocycles. The van der Waals surface area contributed by atoms with Crippen molar-refractivity contribution in [2.24, 2.45) is 7.05 Å². The van der Waals surface area contributed by atoms with Gasteiger partial charge in [-0.25, -0.2) is 9.97 Å². The molecule has 29 heavy (non-hydrogen) atoms. The second-order valence-electron chi connectivity index (χ2n) is 7.33. The Morgan fingerprint density at radius 1 is 1.31 bits per heavy atom. The topological polar surface area (TPSA) is 85.0 Å². The van der Waals surface area contributed by atoms with Crippen LogP contribution < -0.4 is 10.6 Å². The van der Waals surface area contributed by atoms with Crippen LogP contribution >= 0.6 is 23.1 Å². The van der Waals surface area contributed by atoms with Gasteiger partial charge in [-0.15, -0.1) is 0 Å². The van der Waals surface area contributed by atoms with Gasteiger partial charge >= 0.3 is 0 Å². The van der Waals surface area contributed by atoms with E-state index in [1.807, 2.05) is 32.6 Å². The maximum Gasteiger partial charge on any atom is 0.180 e. The molecule has 0 amide bonds. The van der Waals surface area contributed by atoms with Crippen LogP contribution in [0.15, 0.2) is 24.8 Å². The Kier molecular flexibility index (Phi) is 4.73. The van der Waals surface area contributed by atoms with Crippen molar-refractivity contribution in [3.8, 4) is 11.3 Å². The van der Waals surface area contributed by atoms with Crippen molar-refractivity contribution in [3.05, 3.63) is 41.2 Å². The van der Waals surface area contributed by atoms with Crippen LogP contribution in [0.1, 0.15) is 30.1 Å². The number of aryl methyl sites for hydroxylation is 2. The highest BCUT2D eigenvalue weighted by atomic mass is 35.5. The zero-order valence-corrected chi connectivity index (χ0v) is 17.8. The highest BCUT2D eigenvalue weighted by Crippen LogP contribution is 2.34. The molecule has 1 atom stereocenters. The van der Waals surface area contributed by atoms with Gasteiger partial charge < -0.3 is 10.6 Å². The van der Waals surface area contributed by atoms with Crippen LogP contribution in [0.3, 0.4) is 0 Å². The van der Waals surface area contributed by atoms with Gasteiger partial charge in [0.2, 0.25) is 0 Å². The minimum Gasteiger partial charge on any atom is -0.326 e. The molecular weight excluding hydrogens is 408 g/mol. The first kappa shape index (κ1) is 18.5. The van der Waals surface area contributed by atoms with Crippen LogP contribution in [0.2, 0.25) is 5.02 Å². The minimum absolute atomic E-state index is 0.358. The summed E-state index contributed by atoms with van der Waals surface area (Å²) in [5.74, 6) is 1.05. The summed E-state index contributed by atoms with van der Waals surface area (Å²) in [6.07, 6.45) is 10.1. The van der Waals surface area contributed by atoms with Crippen LogP contribution in [0.4, 0.5) is 10.8 Å².